The van der Waals surface area contributed by atoms with Crippen LogP contribution < -0.4 is 10.1 Å². The lowest BCUT2D eigenvalue weighted by atomic mass is 10.1. The van der Waals surface area contributed by atoms with E-state index in [1.54, 1.807) is 0 Å². The van der Waals surface area contributed by atoms with Gasteiger partial charge in [-0.3, -0.25) is 0 Å². The molecule has 0 saturated carbocycles. The Morgan fingerprint density at radius 2 is 1.96 bits per heavy atom. The van der Waals surface area contributed by atoms with Crippen molar-refractivity contribution < 1.29 is 14.6 Å². The molecule has 0 radical (unpaired) electrons. The third-order valence-electron chi connectivity index (χ3n) is 3.93. The average molecular weight is 328 g/mol. The summed E-state index contributed by atoms with van der Waals surface area (Å²) < 4.78 is 6.03. The number of hydrogen-bond donors (Lipinski definition) is 2. The highest BCUT2D eigenvalue weighted by atomic mass is 16.5. The van der Waals surface area contributed by atoms with E-state index in [1.807, 2.05) is 52.0 Å². The molecule has 2 N–H and O–H groups in total. The number of aliphatic hydroxyl groups is 1. The van der Waals surface area contributed by atoms with Crippen LogP contribution in [0.1, 0.15) is 35.7 Å². The Kier molecular flexibility index (Phi) is 5.93. The van der Waals surface area contributed by atoms with Crippen LogP contribution in [0.2, 0.25) is 0 Å². The molecule has 5 nitrogen and oxygen atoms in total. The van der Waals surface area contributed by atoms with Gasteiger partial charge in [0, 0.05) is 11.4 Å². The van der Waals surface area contributed by atoms with Crippen molar-refractivity contribution in [2.45, 2.75) is 46.8 Å². The second-order valence-electron chi connectivity index (χ2n) is 5.87. The Morgan fingerprint density at radius 3 is 2.50 bits per heavy atom. The van der Waals surface area contributed by atoms with Crippen LogP contribution in [0.3, 0.4) is 0 Å². The van der Waals surface area contributed by atoms with Gasteiger partial charge in [0.15, 0.2) is 0 Å². The molecule has 5 heteroatoms. The number of aliphatic hydroxyl groups excluding tert-OH is 1. The Bertz CT molecular complexity index is 709. The highest BCUT2D eigenvalue weighted by Gasteiger charge is 2.17. The molecule has 0 amide bonds. The first-order valence-corrected chi connectivity index (χ1v) is 8.07. The molecule has 0 aliphatic heterocycles. The quantitative estimate of drug-likeness (QED) is 0.759. The van der Waals surface area contributed by atoms with Crippen molar-refractivity contribution in [2.24, 2.45) is 0 Å². The van der Waals surface area contributed by atoms with Gasteiger partial charge in [0.05, 0.1) is 18.2 Å². The molecule has 2 rings (SSSR count). The number of carbonyl (C=O) groups is 1. The summed E-state index contributed by atoms with van der Waals surface area (Å²) in [5.74, 6) is 1.09. The fourth-order valence-electron chi connectivity index (χ4n) is 2.53. The smallest absolute Gasteiger partial charge is 0.227 e. The maximum atomic E-state index is 11.1. The van der Waals surface area contributed by atoms with E-state index in [4.69, 9.17) is 4.74 Å². The zero-order valence-corrected chi connectivity index (χ0v) is 14.6. The number of ether oxygens (including phenoxy) is 1. The van der Waals surface area contributed by atoms with Crippen LogP contribution in [0, 0.1) is 20.8 Å². The number of aryl methyl sites for hydroxylation is 3. The molecule has 1 heterocycles. The lowest BCUT2D eigenvalue weighted by Gasteiger charge is -2.19. The van der Waals surface area contributed by atoms with Crippen molar-refractivity contribution in [3.05, 3.63) is 46.6 Å². The van der Waals surface area contributed by atoms with E-state index in [-0.39, 0.29) is 12.6 Å². The molecular formula is C19H24N2O3. The van der Waals surface area contributed by atoms with Gasteiger partial charge in [-0.25, -0.2) is 4.98 Å². The van der Waals surface area contributed by atoms with E-state index in [1.165, 1.54) is 0 Å². The van der Waals surface area contributed by atoms with Gasteiger partial charge >= 0.3 is 0 Å². The summed E-state index contributed by atoms with van der Waals surface area (Å²) in [4.78, 5) is 15.5. The summed E-state index contributed by atoms with van der Waals surface area (Å²) in [5, 5.41) is 13.0. The van der Waals surface area contributed by atoms with Crippen LogP contribution in [0.25, 0.3) is 0 Å². The molecule has 128 valence electrons. The van der Waals surface area contributed by atoms with E-state index >= 15 is 0 Å². The molecule has 24 heavy (non-hydrogen) atoms. The van der Waals surface area contributed by atoms with Crippen molar-refractivity contribution in [3.8, 4) is 11.6 Å². The van der Waals surface area contributed by atoms with E-state index in [9.17, 15) is 9.90 Å². The van der Waals surface area contributed by atoms with E-state index in [2.05, 4.69) is 10.3 Å². The number of rotatable bonds is 7. The number of hydrogen-bond acceptors (Lipinski definition) is 5. The highest BCUT2D eigenvalue weighted by Crippen LogP contribution is 2.33. The number of pyridine rings is 1. The summed E-state index contributed by atoms with van der Waals surface area (Å²) in [5.41, 5.74) is 3.96. The Hall–Kier alpha value is -2.40. The third-order valence-corrected chi connectivity index (χ3v) is 3.93. The molecule has 1 atom stereocenters. The molecule has 0 bridgehead atoms. The minimum atomic E-state index is -0.315. The molecule has 1 aromatic heterocycles. The fraction of sp³-hybridized carbons (Fsp3) is 0.368. The summed E-state index contributed by atoms with van der Waals surface area (Å²) in [6.45, 7) is 7.48. The van der Waals surface area contributed by atoms with Gasteiger partial charge in [-0.2, -0.15) is 0 Å². The zero-order valence-electron chi connectivity index (χ0n) is 14.6. The molecule has 2 aromatic rings. The molecule has 0 fully saturated rings. The van der Waals surface area contributed by atoms with Gasteiger partial charge in [0.2, 0.25) is 5.88 Å². The van der Waals surface area contributed by atoms with Crippen LogP contribution in [0.4, 0.5) is 5.69 Å². The van der Waals surface area contributed by atoms with E-state index in [0.29, 0.717) is 23.6 Å². The number of nitrogens with one attached hydrogen (secondary N) is 1. The number of carbonyl (C=O) groups excluding carboxylic acids is 1. The number of nitrogens with zero attached hydrogens (tertiary/aromatic N) is 1. The number of benzene rings is 1. The van der Waals surface area contributed by atoms with Crippen LogP contribution in [-0.4, -0.2) is 22.4 Å². The predicted molar refractivity (Wildman–Crippen MR) is 94.7 cm³/mol. The van der Waals surface area contributed by atoms with Crippen molar-refractivity contribution in [1.82, 2.24) is 4.98 Å². The molecule has 0 aliphatic rings. The van der Waals surface area contributed by atoms with Crippen molar-refractivity contribution in [1.29, 1.82) is 0 Å². The van der Waals surface area contributed by atoms with Crippen LogP contribution >= 0.6 is 0 Å². The van der Waals surface area contributed by atoms with Gasteiger partial charge in [0.25, 0.3) is 0 Å². The van der Waals surface area contributed by atoms with Gasteiger partial charge in [-0.05, 0) is 44.4 Å². The van der Waals surface area contributed by atoms with Crippen molar-refractivity contribution in [2.75, 3.05) is 5.32 Å². The van der Waals surface area contributed by atoms with Crippen LogP contribution in [0.15, 0.2) is 24.3 Å². The van der Waals surface area contributed by atoms with Gasteiger partial charge in [-0.15, -0.1) is 0 Å². The van der Waals surface area contributed by atoms with Crippen LogP contribution in [0.5, 0.6) is 11.6 Å². The molecule has 0 saturated heterocycles. The standard InChI is InChI=1S/C19H24N2O3/c1-5-15(10-22)21-17-9-14(4)20-19(16(17)11-23)24-18-12(2)7-6-8-13(18)3/h6-10,15,23H,5,11H2,1-4H3,(H,20,21). The number of aromatic nitrogens is 1. The minimum Gasteiger partial charge on any atom is -0.438 e. The van der Waals surface area contributed by atoms with Crippen molar-refractivity contribution >= 4 is 12.0 Å². The maximum Gasteiger partial charge on any atom is 0.227 e. The average Bonchev–Trinajstić information content (AvgIpc) is 2.55. The van der Waals surface area contributed by atoms with Crippen LogP contribution in [-0.2, 0) is 11.4 Å². The normalized spacial score (nSPS) is 11.9. The monoisotopic (exact) mass is 328 g/mol. The zero-order chi connectivity index (χ0) is 17.7. The fourth-order valence-corrected chi connectivity index (χ4v) is 2.53. The van der Waals surface area contributed by atoms with Gasteiger partial charge in [0.1, 0.15) is 12.0 Å². The minimum absolute atomic E-state index is 0.231. The lowest BCUT2D eigenvalue weighted by molar-refractivity contribution is -0.108. The Labute approximate surface area is 142 Å². The highest BCUT2D eigenvalue weighted by molar-refractivity contribution is 5.67. The summed E-state index contributed by atoms with van der Waals surface area (Å²) in [7, 11) is 0. The first-order chi connectivity index (χ1) is 11.5. The van der Waals surface area contributed by atoms with E-state index < -0.39 is 0 Å². The first-order valence-electron chi connectivity index (χ1n) is 8.07. The van der Waals surface area contributed by atoms with Crippen molar-refractivity contribution in [3.63, 3.8) is 0 Å². The third kappa shape index (κ3) is 3.92. The summed E-state index contributed by atoms with van der Waals surface area (Å²) >= 11 is 0. The van der Waals surface area contributed by atoms with E-state index in [0.717, 1.165) is 28.9 Å². The number of para-hydroxylation sites is 1. The van der Waals surface area contributed by atoms with Gasteiger partial charge < -0.3 is 20.0 Å². The number of anilines is 1. The lowest BCUT2D eigenvalue weighted by Crippen LogP contribution is -2.21. The molecular weight excluding hydrogens is 304 g/mol. The largest absolute Gasteiger partial charge is 0.438 e. The molecule has 0 spiro atoms. The molecule has 1 unspecified atom stereocenters. The Morgan fingerprint density at radius 1 is 1.29 bits per heavy atom. The SMILES string of the molecule is CCC(C=O)Nc1cc(C)nc(Oc2c(C)cccc2C)c1CO. The molecule has 1 aromatic carbocycles. The number of aldehydes is 1. The Balaban J connectivity index is 2.46. The topological polar surface area (TPSA) is 71.5 Å². The summed E-state index contributed by atoms with van der Waals surface area (Å²) in [6.07, 6.45) is 1.52. The summed E-state index contributed by atoms with van der Waals surface area (Å²) in [6, 6.07) is 7.40. The second-order valence-corrected chi connectivity index (χ2v) is 5.87. The second kappa shape index (κ2) is 7.93. The first kappa shape index (κ1) is 17.9. The molecule has 0 aliphatic carbocycles. The maximum absolute atomic E-state index is 11.1. The predicted octanol–water partition coefficient (Wildman–Crippen LogP) is 3.68. The van der Waals surface area contributed by atoms with Gasteiger partial charge in [-0.1, -0.05) is 25.1 Å².